The lowest BCUT2D eigenvalue weighted by atomic mass is 10.1. The van der Waals surface area contributed by atoms with Crippen LogP contribution in [0.15, 0.2) is 47.1 Å². The molecular formula is C23H22ClN3O3. The predicted molar refractivity (Wildman–Crippen MR) is 116 cm³/mol. The Morgan fingerprint density at radius 3 is 2.87 bits per heavy atom. The van der Waals surface area contributed by atoms with Gasteiger partial charge in [0.2, 0.25) is 0 Å². The zero-order chi connectivity index (χ0) is 21.1. The Bertz CT molecular complexity index is 1180. The normalized spacial score (nSPS) is 11.3. The molecule has 2 aromatic heterocycles. The van der Waals surface area contributed by atoms with Crippen LogP contribution in [0.3, 0.4) is 0 Å². The number of aromatic amines is 1. The largest absolute Gasteiger partial charge is 0.493 e. The van der Waals surface area contributed by atoms with Crippen molar-refractivity contribution >= 4 is 28.9 Å². The number of carbonyl (C=O) groups excluding carboxylic acids is 1. The molecule has 0 atom stereocenters. The second-order valence-electron chi connectivity index (χ2n) is 7.57. The molecule has 0 aliphatic heterocycles. The number of aromatic nitrogens is 3. The summed E-state index contributed by atoms with van der Waals surface area (Å²) in [4.78, 5) is 23.1. The van der Waals surface area contributed by atoms with Crippen LogP contribution in [-0.2, 0) is 17.6 Å². The first kappa shape index (κ1) is 20.2. The van der Waals surface area contributed by atoms with Gasteiger partial charge >= 0.3 is 0 Å². The first-order valence-corrected chi connectivity index (χ1v) is 10.2. The van der Waals surface area contributed by atoms with Crippen LogP contribution in [0.4, 0.5) is 0 Å². The van der Waals surface area contributed by atoms with Crippen molar-refractivity contribution in [1.82, 2.24) is 15.0 Å². The van der Waals surface area contributed by atoms with Crippen LogP contribution in [0.5, 0.6) is 5.75 Å². The number of carbonyl (C=O) groups is 1. The summed E-state index contributed by atoms with van der Waals surface area (Å²) in [6.45, 7) is 4.83. The number of oxazole rings is 1. The van der Waals surface area contributed by atoms with Crippen molar-refractivity contribution in [1.29, 1.82) is 0 Å². The fraction of sp³-hybridized carbons (Fsp3) is 0.261. The predicted octanol–water partition coefficient (Wildman–Crippen LogP) is 5.24. The number of halogens is 1. The smallest absolute Gasteiger partial charge is 0.199 e. The van der Waals surface area contributed by atoms with Gasteiger partial charge in [0.05, 0.1) is 24.1 Å². The molecule has 0 bridgehead atoms. The highest BCUT2D eigenvalue weighted by Gasteiger charge is 2.14. The maximum atomic E-state index is 10.7. The Hall–Kier alpha value is -3.12. The summed E-state index contributed by atoms with van der Waals surface area (Å²) >= 11 is 6.18. The summed E-state index contributed by atoms with van der Waals surface area (Å²) in [5, 5.41) is 0.636. The number of hydrogen-bond donors (Lipinski definition) is 1. The fourth-order valence-corrected chi connectivity index (χ4v) is 3.34. The number of fused-ring (bicyclic) bond motifs is 1. The third kappa shape index (κ3) is 4.54. The van der Waals surface area contributed by atoms with Crippen molar-refractivity contribution in [3.05, 3.63) is 64.7 Å². The maximum Gasteiger partial charge on any atom is 0.199 e. The summed E-state index contributed by atoms with van der Waals surface area (Å²) < 4.78 is 11.6. The lowest BCUT2D eigenvalue weighted by Gasteiger charge is -2.12. The van der Waals surface area contributed by atoms with Gasteiger partial charge in [0.1, 0.15) is 24.0 Å². The van der Waals surface area contributed by atoms with Gasteiger partial charge in [-0.15, -0.1) is 0 Å². The molecule has 0 saturated carbocycles. The van der Waals surface area contributed by atoms with Crippen LogP contribution in [0.1, 0.15) is 30.9 Å². The quantitative estimate of drug-likeness (QED) is 0.392. The summed E-state index contributed by atoms with van der Waals surface area (Å²) in [5.74, 6) is 2.36. The number of benzene rings is 2. The molecule has 1 N–H and O–H groups in total. The monoisotopic (exact) mass is 423 g/mol. The number of nitrogens with zero attached hydrogens (tertiary/aromatic N) is 2. The highest BCUT2D eigenvalue weighted by molar-refractivity contribution is 6.30. The SMILES string of the molecule is CC(C)COc1ccc(Cl)cc1Cc1nc(-c2nc3ccc(CC=O)cc3[nH]2)co1. The minimum atomic E-state index is 0.374. The summed E-state index contributed by atoms with van der Waals surface area (Å²) in [5.41, 5.74) is 4.13. The lowest BCUT2D eigenvalue weighted by Crippen LogP contribution is -2.06. The maximum absolute atomic E-state index is 10.7. The Kier molecular flexibility index (Phi) is 5.86. The number of rotatable bonds is 8. The number of hydrogen-bond acceptors (Lipinski definition) is 5. The van der Waals surface area contributed by atoms with Crippen LogP contribution < -0.4 is 4.74 Å². The van der Waals surface area contributed by atoms with Crippen LogP contribution in [0, 0.1) is 5.92 Å². The van der Waals surface area contributed by atoms with Gasteiger partial charge in [-0.05, 0) is 41.8 Å². The van der Waals surface area contributed by atoms with E-state index in [1.807, 2.05) is 36.4 Å². The summed E-state index contributed by atoms with van der Waals surface area (Å²) in [6.07, 6.45) is 3.30. The third-order valence-electron chi connectivity index (χ3n) is 4.60. The van der Waals surface area contributed by atoms with Crippen LogP contribution >= 0.6 is 11.6 Å². The van der Waals surface area contributed by atoms with E-state index in [-0.39, 0.29) is 0 Å². The zero-order valence-electron chi connectivity index (χ0n) is 16.8. The second-order valence-corrected chi connectivity index (χ2v) is 8.00. The molecule has 30 heavy (non-hydrogen) atoms. The van der Waals surface area contributed by atoms with Crippen molar-refractivity contribution in [2.45, 2.75) is 26.7 Å². The number of H-pyrrole nitrogens is 1. The van der Waals surface area contributed by atoms with E-state index < -0.39 is 0 Å². The van der Waals surface area contributed by atoms with Gasteiger partial charge in [-0.1, -0.05) is 31.5 Å². The minimum Gasteiger partial charge on any atom is -0.493 e. The zero-order valence-corrected chi connectivity index (χ0v) is 17.6. The molecule has 0 radical (unpaired) electrons. The van der Waals surface area contributed by atoms with E-state index in [2.05, 4.69) is 28.8 Å². The Morgan fingerprint density at radius 2 is 2.07 bits per heavy atom. The number of aldehydes is 1. The molecule has 2 aromatic carbocycles. The molecule has 2 heterocycles. The standard InChI is InChI=1S/C23H22ClN3O3/c1-14(2)12-29-21-6-4-17(24)10-16(21)11-22-25-20(13-30-22)23-26-18-5-3-15(7-8-28)9-19(18)27-23/h3-6,8-10,13-14H,7,11-12H2,1-2H3,(H,26,27). The van der Waals surface area contributed by atoms with Crippen molar-refractivity contribution in [2.24, 2.45) is 5.92 Å². The fourth-order valence-electron chi connectivity index (χ4n) is 3.15. The average Bonchev–Trinajstić information content (AvgIpc) is 3.34. The molecule has 0 aliphatic carbocycles. The minimum absolute atomic E-state index is 0.374. The third-order valence-corrected chi connectivity index (χ3v) is 4.83. The first-order chi connectivity index (χ1) is 14.5. The molecule has 4 rings (SSSR count). The Labute approximate surface area is 179 Å². The summed E-state index contributed by atoms with van der Waals surface area (Å²) in [7, 11) is 0. The van der Waals surface area contributed by atoms with E-state index in [1.54, 1.807) is 6.26 Å². The first-order valence-electron chi connectivity index (χ1n) is 9.80. The molecule has 6 nitrogen and oxygen atoms in total. The van der Waals surface area contributed by atoms with Crippen LogP contribution in [0.2, 0.25) is 5.02 Å². The van der Waals surface area contributed by atoms with E-state index in [4.69, 9.17) is 20.8 Å². The van der Waals surface area contributed by atoms with E-state index in [1.165, 1.54) is 0 Å². The van der Waals surface area contributed by atoms with Crippen LogP contribution in [-0.4, -0.2) is 27.8 Å². The molecule has 0 unspecified atom stereocenters. The van der Waals surface area contributed by atoms with Gasteiger partial charge < -0.3 is 18.9 Å². The Morgan fingerprint density at radius 1 is 1.20 bits per heavy atom. The summed E-state index contributed by atoms with van der Waals surface area (Å²) in [6, 6.07) is 11.3. The Balaban J connectivity index is 1.57. The molecule has 0 aliphatic rings. The molecule has 0 amide bonds. The number of nitrogens with one attached hydrogen (secondary N) is 1. The second kappa shape index (κ2) is 8.71. The average molecular weight is 424 g/mol. The number of imidazole rings is 1. The van der Waals surface area contributed by atoms with E-state index >= 15 is 0 Å². The highest BCUT2D eigenvalue weighted by Crippen LogP contribution is 2.27. The van der Waals surface area contributed by atoms with Gasteiger partial charge in [0, 0.05) is 17.0 Å². The van der Waals surface area contributed by atoms with Gasteiger partial charge in [-0.25, -0.2) is 9.97 Å². The van der Waals surface area contributed by atoms with Gasteiger partial charge in [0.15, 0.2) is 11.7 Å². The molecule has 0 saturated heterocycles. The van der Waals surface area contributed by atoms with Crippen molar-refractivity contribution in [3.8, 4) is 17.3 Å². The molecular weight excluding hydrogens is 402 g/mol. The number of ether oxygens (including phenoxy) is 1. The molecule has 7 heteroatoms. The molecule has 0 spiro atoms. The molecule has 4 aromatic rings. The van der Waals surface area contributed by atoms with Gasteiger partial charge in [-0.2, -0.15) is 0 Å². The van der Waals surface area contributed by atoms with E-state index in [9.17, 15) is 4.79 Å². The van der Waals surface area contributed by atoms with Gasteiger partial charge in [-0.3, -0.25) is 0 Å². The highest BCUT2D eigenvalue weighted by atomic mass is 35.5. The van der Waals surface area contributed by atoms with Gasteiger partial charge in [0.25, 0.3) is 0 Å². The molecule has 154 valence electrons. The van der Waals surface area contributed by atoms with Crippen molar-refractivity contribution < 1.29 is 13.9 Å². The van der Waals surface area contributed by atoms with E-state index in [0.717, 1.165) is 34.2 Å². The van der Waals surface area contributed by atoms with Crippen LogP contribution in [0.25, 0.3) is 22.6 Å². The molecule has 0 fully saturated rings. The lowest BCUT2D eigenvalue weighted by molar-refractivity contribution is -0.107. The van der Waals surface area contributed by atoms with E-state index in [0.29, 0.717) is 47.8 Å². The van der Waals surface area contributed by atoms with Crippen molar-refractivity contribution in [3.63, 3.8) is 0 Å². The topological polar surface area (TPSA) is 81.0 Å². The van der Waals surface area contributed by atoms with Crippen molar-refractivity contribution in [2.75, 3.05) is 6.61 Å².